The number of benzene rings is 1. The number of hydrogen-bond donors (Lipinski definition) is 0. The van der Waals surface area contributed by atoms with Crippen molar-refractivity contribution in [2.24, 2.45) is 5.92 Å². The average molecular weight is 210 g/mol. The maximum atomic E-state index is 12.1. The van der Waals surface area contributed by atoms with Crippen molar-refractivity contribution in [1.29, 1.82) is 0 Å². The Labute approximate surface area is 91.3 Å². The zero-order valence-corrected chi connectivity index (χ0v) is 9.50. The molecule has 0 heterocycles. The van der Waals surface area contributed by atoms with Gasteiger partial charge < -0.3 is 4.74 Å². The van der Waals surface area contributed by atoms with Crippen molar-refractivity contribution in [1.82, 2.24) is 0 Å². The maximum absolute atomic E-state index is 12.1. The summed E-state index contributed by atoms with van der Waals surface area (Å²) >= 11 is 0. The minimum absolute atomic E-state index is 0.265. The maximum Gasteiger partial charge on any atom is 0.122 e. The molecule has 0 amide bonds. The van der Waals surface area contributed by atoms with Gasteiger partial charge in [-0.15, -0.1) is 0 Å². The van der Waals surface area contributed by atoms with Crippen molar-refractivity contribution in [2.45, 2.75) is 26.7 Å². The molecule has 2 heteroatoms. The smallest absolute Gasteiger partial charge is 0.122 e. The van der Waals surface area contributed by atoms with Gasteiger partial charge in [0.2, 0.25) is 0 Å². The normalized spacial score (nSPS) is 10.7. The van der Waals surface area contributed by atoms with Crippen LogP contribution in [0.1, 0.15) is 25.8 Å². The first-order valence-corrected chi connectivity index (χ1v) is 5.50. The van der Waals surface area contributed by atoms with Crippen LogP contribution in [0.25, 0.3) is 0 Å². The Morgan fingerprint density at radius 1 is 1.27 bits per heavy atom. The lowest BCUT2D eigenvalue weighted by molar-refractivity contribution is 0.268. The lowest BCUT2D eigenvalue weighted by atomic mass is 10.1. The van der Waals surface area contributed by atoms with Gasteiger partial charge in [0.05, 0.1) is 13.3 Å². The van der Waals surface area contributed by atoms with Crippen molar-refractivity contribution in [3.8, 4) is 5.75 Å². The minimum atomic E-state index is -0.265. The first kappa shape index (κ1) is 12.0. The summed E-state index contributed by atoms with van der Waals surface area (Å²) in [4.78, 5) is 0. The lowest BCUT2D eigenvalue weighted by Crippen LogP contribution is -2.06. The van der Waals surface area contributed by atoms with E-state index in [0.717, 1.165) is 17.7 Å². The fourth-order valence-electron chi connectivity index (χ4n) is 1.36. The first-order valence-electron chi connectivity index (χ1n) is 5.50. The van der Waals surface area contributed by atoms with E-state index in [2.05, 4.69) is 13.8 Å². The Bertz CT molecular complexity index is 284. The summed E-state index contributed by atoms with van der Waals surface area (Å²) in [5, 5.41) is 0. The molecule has 0 fully saturated rings. The molecule has 1 aromatic carbocycles. The summed E-state index contributed by atoms with van der Waals surface area (Å²) in [6.07, 6.45) is 1.33. The topological polar surface area (TPSA) is 9.23 Å². The van der Waals surface area contributed by atoms with Crippen LogP contribution in [0.2, 0.25) is 0 Å². The number of para-hydroxylation sites is 1. The second-order valence-electron chi connectivity index (χ2n) is 4.11. The van der Waals surface area contributed by atoms with Gasteiger partial charge in [-0.2, -0.15) is 0 Å². The van der Waals surface area contributed by atoms with Crippen LogP contribution in [-0.2, 0) is 6.42 Å². The largest absolute Gasteiger partial charge is 0.493 e. The van der Waals surface area contributed by atoms with Crippen LogP contribution < -0.4 is 4.74 Å². The zero-order valence-electron chi connectivity index (χ0n) is 9.50. The van der Waals surface area contributed by atoms with Gasteiger partial charge in [0, 0.05) is 0 Å². The second-order valence-corrected chi connectivity index (χ2v) is 4.11. The Hall–Kier alpha value is -1.05. The van der Waals surface area contributed by atoms with E-state index in [-0.39, 0.29) is 6.67 Å². The zero-order chi connectivity index (χ0) is 11.1. The SMILES string of the molecule is CC(C)COc1ccccc1CCCF. The molecule has 0 radical (unpaired) electrons. The molecular formula is C13H19FO. The third-order valence-corrected chi connectivity index (χ3v) is 2.12. The van der Waals surface area contributed by atoms with E-state index in [1.165, 1.54) is 0 Å². The Balaban J connectivity index is 2.59. The van der Waals surface area contributed by atoms with Gasteiger partial charge in [-0.05, 0) is 30.4 Å². The quantitative estimate of drug-likeness (QED) is 0.696. The highest BCUT2D eigenvalue weighted by Gasteiger charge is 2.03. The summed E-state index contributed by atoms with van der Waals surface area (Å²) in [7, 11) is 0. The summed E-state index contributed by atoms with van der Waals surface area (Å²) in [6.45, 7) is 4.68. The van der Waals surface area contributed by atoms with Gasteiger partial charge >= 0.3 is 0 Å². The van der Waals surface area contributed by atoms with Crippen LogP contribution in [-0.4, -0.2) is 13.3 Å². The summed E-state index contributed by atoms with van der Waals surface area (Å²) in [6, 6.07) is 7.88. The molecule has 0 saturated carbocycles. The predicted octanol–water partition coefficient (Wildman–Crippen LogP) is 3.62. The predicted molar refractivity (Wildman–Crippen MR) is 61.1 cm³/mol. The van der Waals surface area contributed by atoms with Gasteiger partial charge in [0.1, 0.15) is 5.75 Å². The van der Waals surface area contributed by atoms with Crippen LogP contribution in [0.15, 0.2) is 24.3 Å². The molecule has 0 aliphatic heterocycles. The van der Waals surface area contributed by atoms with Gasteiger partial charge in [-0.25, -0.2) is 0 Å². The number of aryl methyl sites for hydroxylation is 1. The molecule has 1 rings (SSSR count). The number of rotatable bonds is 6. The molecule has 0 bridgehead atoms. The van der Waals surface area contributed by atoms with E-state index < -0.39 is 0 Å². The molecule has 1 aromatic rings. The molecule has 0 spiro atoms. The third kappa shape index (κ3) is 4.32. The van der Waals surface area contributed by atoms with E-state index in [9.17, 15) is 4.39 Å². The molecule has 0 aliphatic rings. The Morgan fingerprint density at radius 3 is 2.67 bits per heavy atom. The summed E-state index contributed by atoms with van der Waals surface area (Å²) in [5.41, 5.74) is 1.11. The molecule has 0 saturated heterocycles. The fraction of sp³-hybridized carbons (Fsp3) is 0.538. The molecule has 0 aromatic heterocycles. The standard InChI is InChI=1S/C13H19FO/c1-11(2)10-15-13-8-4-3-6-12(13)7-5-9-14/h3-4,6,8,11H,5,7,9-10H2,1-2H3. The minimum Gasteiger partial charge on any atom is -0.493 e. The van der Waals surface area contributed by atoms with Crippen molar-refractivity contribution < 1.29 is 9.13 Å². The van der Waals surface area contributed by atoms with Crippen molar-refractivity contribution in [3.05, 3.63) is 29.8 Å². The summed E-state index contributed by atoms with van der Waals surface area (Å²) < 4.78 is 17.8. The molecule has 15 heavy (non-hydrogen) atoms. The molecule has 0 N–H and O–H groups in total. The Morgan fingerprint density at radius 2 is 2.00 bits per heavy atom. The van der Waals surface area contributed by atoms with Crippen molar-refractivity contribution >= 4 is 0 Å². The van der Waals surface area contributed by atoms with Gasteiger partial charge in [-0.3, -0.25) is 4.39 Å². The monoisotopic (exact) mass is 210 g/mol. The lowest BCUT2D eigenvalue weighted by Gasteiger charge is -2.12. The number of alkyl halides is 1. The van der Waals surface area contributed by atoms with Crippen LogP contribution in [0, 0.1) is 5.92 Å². The van der Waals surface area contributed by atoms with Crippen LogP contribution in [0.3, 0.4) is 0 Å². The molecule has 0 aliphatic carbocycles. The molecule has 0 atom stereocenters. The second kappa shape index (κ2) is 6.44. The number of halogens is 1. The Kier molecular flexibility index (Phi) is 5.16. The van der Waals surface area contributed by atoms with Crippen LogP contribution >= 0.6 is 0 Å². The number of ether oxygens (including phenoxy) is 1. The van der Waals surface area contributed by atoms with Gasteiger partial charge in [0.15, 0.2) is 0 Å². The third-order valence-electron chi connectivity index (χ3n) is 2.12. The highest BCUT2D eigenvalue weighted by molar-refractivity contribution is 5.33. The fourth-order valence-corrected chi connectivity index (χ4v) is 1.36. The van der Waals surface area contributed by atoms with Crippen molar-refractivity contribution in [3.63, 3.8) is 0 Å². The van der Waals surface area contributed by atoms with E-state index in [1.54, 1.807) is 0 Å². The van der Waals surface area contributed by atoms with E-state index in [1.807, 2.05) is 24.3 Å². The van der Waals surface area contributed by atoms with Gasteiger partial charge in [0.25, 0.3) is 0 Å². The molecule has 1 nitrogen and oxygen atoms in total. The first-order chi connectivity index (χ1) is 7.24. The molecule has 0 unspecified atom stereocenters. The van der Waals surface area contributed by atoms with E-state index >= 15 is 0 Å². The number of hydrogen-bond acceptors (Lipinski definition) is 1. The van der Waals surface area contributed by atoms with E-state index in [4.69, 9.17) is 4.74 Å². The average Bonchev–Trinajstić information content (AvgIpc) is 2.24. The molecule has 84 valence electrons. The van der Waals surface area contributed by atoms with E-state index in [0.29, 0.717) is 18.9 Å². The summed E-state index contributed by atoms with van der Waals surface area (Å²) in [5.74, 6) is 1.42. The van der Waals surface area contributed by atoms with Crippen molar-refractivity contribution in [2.75, 3.05) is 13.3 Å². The highest BCUT2D eigenvalue weighted by atomic mass is 19.1. The molecular weight excluding hydrogens is 191 g/mol. The van der Waals surface area contributed by atoms with Crippen LogP contribution in [0.4, 0.5) is 4.39 Å². The van der Waals surface area contributed by atoms with Crippen LogP contribution in [0.5, 0.6) is 5.75 Å². The van der Waals surface area contributed by atoms with Gasteiger partial charge in [-0.1, -0.05) is 32.0 Å². The highest BCUT2D eigenvalue weighted by Crippen LogP contribution is 2.20.